The fourth-order valence-corrected chi connectivity index (χ4v) is 6.10. The molecule has 0 bridgehead atoms. The molecule has 0 fully saturated rings. The maximum absolute atomic E-state index is 12.7. The van der Waals surface area contributed by atoms with Crippen molar-refractivity contribution in [2.75, 3.05) is 11.5 Å². The van der Waals surface area contributed by atoms with Crippen LogP contribution in [0.1, 0.15) is 11.1 Å². The molecule has 0 saturated heterocycles. The average Bonchev–Trinajstić information content (AvgIpc) is 2.82. The summed E-state index contributed by atoms with van der Waals surface area (Å²) in [5.41, 5.74) is 13.7. The van der Waals surface area contributed by atoms with Gasteiger partial charge in [0.05, 0.1) is 21.3 Å². The van der Waals surface area contributed by atoms with Crippen molar-refractivity contribution in [1.82, 2.24) is 0 Å². The lowest BCUT2D eigenvalue weighted by Gasteiger charge is -2.09. The van der Waals surface area contributed by atoms with Crippen molar-refractivity contribution in [3.63, 3.8) is 0 Å². The van der Waals surface area contributed by atoms with Gasteiger partial charge in [0.25, 0.3) is 0 Å². The summed E-state index contributed by atoms with van der Waals surface area (Å²) in [4.78, 5) is 0.344. The highest BCUT2D eigenvalue weighted by Crippen LogP contribution is 2.26. The topological polar surface area (TPSA) is 130 Å². The first-order valence-electron chi connectivity index (χ1n) is 10.6. The number of anilines is 2. The molecule has 4 N–H and O–H groups in total. The lowest BCUT2D eigenvalue weighted by molar-refractivity contribution is 0.481. The molecule has 7 nitrogen and oxygen atoms in total. The Morgan fingerprint density at radius 3 is 1.11 bits per heavy atom. The van der Waals surface area contributed by atoms with E-state index in [1.165, 1.54) is 24.3 Å². The number of hydrogen-bond acceptors (Lipinski definition) is 7. The van der Waals surface area contributed by atoms with Gasteiger partial charge in [0.2, 0.25) is 0 Å². The van der Waals surface area contributed by atoms with Crippen LogP contribution in [0.15, 0.2) is 107 Å². The number of ether oxygens (including phenoxy) is 1. The minimum absolute atomic E-state index is 0.139. The van der Waals surface area contributed by atoms with E-state index in [4.69, 9.17) is 16.2 Å². The number of hydrogen-bond donors (Lipinski definition) is 2. The SMILES string of the molecule is Nc1ccc(CS(=O)(=O)c2ccc(Oc3ccc(S(=O)(=O)Cc4ccc(N)cc4)cc3)cc2)cc1. The molecule has 0 aliphatic heterocycles. The molecule has 0 radical (unpaired) electrons. The van der Waals surface area contributed by atoms with E-state index in [0.717, 1.165) is 0 Å². The highest BCUT2D eigenvalue weighted by molar-refractivity contribution is 7.91. The highest BCUT2D eigenvalue weighted by Gasteiger charge is 2.17. The molecular formula is C26H24N2O5S2. The summed E-state index contributed by atoms with van der Waals surface area (Å²) in [7, 11) is -7.07. The van der Waals surface area contributed by atoms with E-state index in [0.29, 0.717) is 34.0 Å². The maximum atomic E-state index is 12.7. The maximum Gasteiger partial charge on any atom is 0.182 e. The van der Waals surface area contributed by atoms with Gasteiger partial charge in [-0.05, 0) is 83.9 Å². The molecule has 0 saturated carbocycles. The van der Waals surface area contributed by atoms with Crippen molar-refractivity contribution < 1.29 is 21.6 Å². The summed E-state index contributed by atoms with van der Waals surface area (Å²) >= 11 is 0. The molecule has 0 atom stereocenters. The Morgan fingerprint density at radius 1 is 0.486 bits per heavy atom. The fraction of sp³-hybridized carbons (Fsp3) is 0.0769. The zero-order valence-corrected chi connectivity index (χ0v) is 20.3. The van der Waals surface area contributed by atoms with Crippen LogP contribution in [0, 0.1) is 0 Å². The van der Waals surface area contributed by atoms with Crippen LogP contribution in [0.2, 0.25) is 0 Å². The molecule has 0 heterocycles. The smallest absolute Gasteiger partial charge is 0.182 e. The summed E-state index contributed by atoms with van der Waals surface area (Å²) in [5, 5.41) is 0. The van der Waals surface area contributed by atoms with Gasteiger partial charge in [-0.1, -0.05) is 24.3 Å². The number of rotatable bonds is 8. The van der Waals surface area contributed by atoms with Crippen molar-refractivity contribution in [2.24, 2.45) is 0 Å². The molecule has 35 heavy (non-hydrogen) atoms. The number of nitrogens with two attached hydrogens (primary N) is 2. The van der Waals surface area contributed by atoms with Crippen LogP contribution >= 0.6 is 0 Å². The number of benzene rings is 4. The van der Waals surface area contributed by atoms with E-state index < -0.39 is 19.7 Å². The zero-order chi connectivity index (χ0) is 25.1. The minimum atomic E-state index is -3.54. The average molecular weight is 509 g/mol. The Hall–Kier alpha value is -3.82. The second-order valence-electron chi connectivity index (χ2n) is 8.05. The summed E-state index contributed by atoms with van der Waals surface area (Å²) in [6.45, 7) is 0. The first kappa shape index (κ1) is 24.3. The molecule has 0 aliphatic carbocycles. The molecular weight excluding hydrogens is 484 g/mol. The van der Waals surface area contributed by atoms with Crippen LogP contribution < -0.4 is 16.2 Å². The fourth-order valence-electron chi connectivity index (χ4n) is 3.40. The second kappa shape index (κ2) is 9.81. The number of sulfone groups is 2. The molecule has 0 amide bonds. The first-order chi connectivity index (χ1) is 16.6. The summed E-state index contributed by atoms with van der Waals surface area (Å²) in [6.07, 6.45) is 0. The number of nitrogen functional groups attached to an aromatic ring is 2. The van der Waals surface area contributed by atoms with Gasteiger partial charge in [-0.25, -0.2) is 16.8 Å². The van der Waals surface area contributed by atoms with Crippen LogP contribution in [0.4, 0.5) is 11.4 Å². The van der Waals surface area contributed by atoms with Crippen molar-refractivity contribution in [2.45, 2.75) is 21.3 Å². The predicted octanol–water partition coefficient (Wildman–Crippen LogP) is 4.59. The highest BCUT2D eigenvalue weighted by atomic mass is 32.2. The van der Waals surface area contributed by atoms with Crippen LogP contribution in [0.5, 0.6) is 11.5 Å². The Labute approximate surface area is 204 Å². The van der Waals surface area contributed by atoms with E-state index in [9.17, 15) is 16.8 Å². The lowest BCUT2D eigenvalue weighted by atomic mass is 10.2. The summed E-state index contributed by atoms with van der Waals surface area (Å²) in [5.74, 6) is 0.572. The van der Waals surface area contributed by atoms with E-state index in [-0.39, 0.29) is 21.3 Å². The molecule has 0 aromatic heterocycles. The second-order valence-corrected chi connectivity index (χ2v) is 12.0. The van der Waals surface area contributed by atoms with E-state index in [1.54, 1.807) is 72.8 Å². The third-order valence-corrected chi connectivity index (χ3v) is 8.68. The molecule has 0 aliphatic rings. The van der Waals surface area contributed by atoms with Gasteiger partial charge in [-0.2, -0.15) is 0 Å². The molecule has 0 spiro atoms. The van der Waals surface area contributed by atoms with Crippen molar-refractivity contribution in [3.8, 4) is 11.5 Å². The van der Waals surface area contributed by atoms with Gasteiger partial charge in [-0.3, -0.25) is 0 Å². The Morgan fingerprint density at radius 2 is 0.800 bits per heavy atom. The quantitative estimate of drug-likeness (QED) is 0.333. The van der Waals surface area contributed by atoms with Crippen LogP contribution in [0.3, 0.4) is 0 Å². The zero-order valence-electron chi connectivity index (χ0n) is 18.7. The first-order valence-corrected chi connectivity index (χ1v) is 13.9. The van der Waals surface area contributed by atoms with Gasteiger partial charge in [0.1, 0.15) is 11.5 Å². The molecule has 4 aromatic carbocycles. The van der Waals surface area contributed by atoms with Gasteiger partial charge in [-0.15, -0.1) is 0 Å². The molecule has 0 unspecified atom stereocenters. The van der Waals surface area contributed by atoms with Gasteiger partial charge >= 0.3 is 0 Å². The van der Waals surface area contributed by atoms with Crippen molar-refractivity contribution in [3.05, 3.63) is 108 Å². The van der Waals surface area contributed by atoms with E-state index in [2.05, 4.69) is 0 Å². The molecule has 9 heteroatoms. The van der Waals surface area contributed by atoms with Gasteiger partial charge in [0, 0.05) is 11.4 Å². The van der Waals surface area contributed by atoms with E-state index >= 15 is 0 Å². The Bertz CT molecular complexity index is 1390. The van der Waals surface area contributed by atoms with Gasteiger partial charge in [0.15, 0.2) is 19.7 Å². The third-order valence-electron chi connectivity index (χ3n) is 5.27. The third kappa shape index (κ3) is 6.20. The van der Waals surface area contributed by atoms with Crippen molar-refractivity contribution in [1.29, 1.82) is 0 Å². The monoisotopic (exact) mass is 508 g/mol. The standard InChI is InChI=1S/C26H24N2O5S2/c27-21-5-1-19(2-6-21)17-34(29,30)25-13-9-23(10-14-25)33-24-11-15-26(16-12-24)35(31,32)18-20-3-7-22(28)8-4-20/h1-16H,17-18,27-28H2. The molecule has 4 rings (SSSR count). The molecule has 180 valence electrons. The summed E-state index contributed by atoms with van der Waals surface area (Å²) in [6, 6.07) is 25.5. The van der Waals surface area contributed by atoms with Crippen LogP contribution in [0.25, 0.3) is 0 Å². The van der Waals surface area contributed by atoms with Gasteiger partial charge < -0.3 is 16.2 Å². The normalized spacial score (nSPS) is 11.8. The minimum Gasteiger partial charge on any atom is -0.457 e. The predicted molar refractivity (Wildman–Crippen MR) is 136 cm³/mol. The Balaban J connectivity index is 1.42. The van der Waals surface area contributed by atoms with Crippen LogP contribution in [-0.4, -0.2) is 16.8 Å². The molecule has 4 aromatic rings. The summed E-state index contributed by atoms with van der Waals surface area (Å²) < 4.78 is 56.6. The lowest BCUT2D eigenvalue weighted by Crippen LogP contribution is -2.05. The largest absolute Gasteiger partial charge is 0.457 e. The van der Waals surface area contributed by atoms with Crippen molar-refractivity contribution >= 4 is 31.0 Å². The Kier molecular flexibility index (Phi) is 6.81. The van der Waals surface area contributed by atoms with E-state index in [1.807, 2.05) is 0 Å². The van der Waals surface area contributed by atoms with Crippen LogP contribution in [-0.2, 0) is 31.2 Å².